The predicted molar refractivity (Wildman–Crippen MR) is 82.8 cm³/mol. The zero-order valence-electron chi connectivity index (χ0n) is 12.9. The second-order valence-corrected chi connectivity index (χ2v) is 6.12. The van der Waals surface area contributed by atoms with Gasteiger partial charge in [-0.1, -0.05) is 45.0 Å². The summed E-state index contributed by atoms with van der Waals surface area (Å²) < 4.78 is 0. The van der Waals surface area contributed by atoms with Crippen molar-refractivity contribution in [3.63, 3.8) is 0 Å². The number of rotatable bonds is 3. The highest BCUT2D eigenvalue weighted by atomic mass is 14.9. The molecule has 0 bridgehead atoms. The molecule has 1 aromatic carbocycles. The van der Waals surface area contributed by atoms with Crippen LogP contribution in [0.3, 0.4) is 0 Å². The Kier molecular flexibility index (Phi) is 4.19. The van der Waals surface area contributed by atoms with Gasteiger partial charge in [0.05, 0.1) is 11.7 Å². The molecule has 20 heavy (non-hydrogen) atoms. The van der Waals surface area contributed by atoms with E-state index in [1.807, 2.05) is 26.2 Å². The Bertz CT molecular complexity index is 568. The quantitative estimate of drug-likeness (QED) is 0.928. The van der Waals surface area contributed by atoms with Gasteiger partial charge in [0.15, 0.2) is 0 Å². The minimum Gasteiger partial charge on any atom is -0.308 e. The second-order valence-electron chi connectivity index (χ2n) is 6.12. The fourth-order valence-electron chi connectivity index (χ4n) is 2.30. The van der Waals surface area contributed by atoms with Gasteiger partial charge in [-0.2, -0.15) is 0 Å². The van der Waals surface area contributed by atoms with E-state index < -0.39 is 0 Å². The molecule has 1 aromatic heterocycles. The van der Waals surface area contributed by atoms with Gasteiger partial charge < -0.3 is 5.32 Å². The maximum absolute atomic E-state index is 4.52. The van der Waals surface area contributed by atoms with Crippen molar-refractivity contribution in [1.29, 1.82) is 0 Å². The highest BCUT2D eigenvalue weighted by molar-refractivity contribution is 5.33. The van der Waals surface area contributed by atoms with E-state index in [1.165, 1.54) is 11.1 Å². The maximum atomic E-state index is 4.52. The molecule has 2 rings (SSSR count). The standard InChI is InChI=1S/C17H23N3/c1-12-19-11-10-15(20-12)16(18-5)13-6-8-14(9-7-13)17(2,3)4/h6-11,16,18H,1-5H3. The largest absolute Gasteiger partial charge is 0.308 e. The molecule has 2 aromatic rings. The lowest BCUT2D eigenvalue weighted by molar-refractivity contribution is 0.588. The SMILES string of the molecule is CNC(c1ccc(C(C)(C)C)cc1)c1ccnc(C)n1. The van der Waals surface area contributed by atoms with E-state index in [-0.39, 0.29) is 11.5 Å². The van der Waals surface area contributed by atoms with Crippen LogP contribution in [0.15, 0.2) is 36.5 Å². The van der Waals surface area contributed by atoms with Crippen LogP contribution in [0, 0.1) is 6.92 Å². The average Bonchev–Trinajstić information content (AvgIpc) is 2.39. The maximum Gasteiger partial charge on any atom is 0.125 e. The molecule has 0 aliphatic rings. The molecule has 1 atom stereocenters. The van der Waals surface area contributed by atoms with E-state index in [0.29, 0.717) is 0 Å². The van der Waals surface area contributed by atoms with Crippen LogP contribution < -0.4 is 5.32 Å². The summed E-state index contributed by atoms with van der Waals surface area (Å²) in [6, 6.07) is 10.8. The third-order valence-electron chi connectivity index (χ3n) is 3.49. The molecule has 0 radical (unpaired) electrons. The van der Waals surface area contributed by atoms with Gasteiger partial charge in [0.2, 0.25) is 0 Å². The molecule has 0 saturated heterocycles. The van der Waals surface area contributed by atoms with Crippen LogP contribution >= 0.6 is 0 Å². The number of benzene rings is 1. The highest BCUT2D eigenvalue weighted by Gasteiger charge is 2.16. The minimum absolute atomic E-state index is 0.103. The molecule has 0 aliphatic heterocycles. The minimum atomic E-state index is 0.103. The van der Waals surface area contributed by atoms with Crippen molar-refractivity contribution >= 4 is 0 Å². The van der Waals surface area contributed by atoms with Gasteiger partial charge >= 0.3 is 0 Å². The predicted octanol–water partition coefficient (Wildman–Crippen LogP) is 3.39. The third-order valence-corrected chi connectivity index (χ3v) is 3.49. The molecule has 0 amide bonds. The summed E-state index contributed by atoms with van der Waals surface area (Å²) in [6.07, 6.45) is 1.81. The van der Waals surface area contributed by atoms with E-state index in [2.05, 4.69) is 60.3 Å². The molecule has 1 heterocycles. The van der Waals surface area contributed by atoms with Crippen molar-refractivity contribution in [3.05, 3.63) is 59.2 Å². The Labute approximate surface area is 121 Å². The number of aryl methyl sites for hydroxylation is 1. The van der Waals surface area contributed by atoms with Crippen LogP contribution in [0.2, 0.25) is 0 Å². The number of hydrogen-bond donors (Lipinski definition) is 1. The Morgan fingerprint density at radius 3 is 2.20 bits per heavy atom. The van der Waals surface area contributed by atoms with Crippen molar-refractivity contribution in [2.75, 3.05) is 7.05 Å². The van der Waals surface area contributed by atoms with Crippen molar-refractivity contribution in [3.8, 4) is 0 Å². The monoisotopic (exact) mass is 269 g/mol. The van der Waals surface area contributed by atoms with Gasteiger partial charge in [0.25, 0.3) is 0 Å². The molecule has 0 aliphatic carbocycles. The van der Waals surface area contributed by atoms with E-state index >= 15 is 0 Å². The van der Waals surface area contributed by atoms with Crippen LogP contribution in [0.25, 0.3) is 0 Å². The van der Waals surface area contributed by atoms with Crippen LogP contribution in [-0.2, 0) is 5.41 Å². The Hall–Kier alpha value is -1.74. The molecular weight excluding hydrogens is 246 g/mol. The van der Waals surface area contributed by atoms with E-state index in [0.717, 1.165) is 11.5 Å². The molecule has 3 heteroatoms. The summed E-state index contributed by atoms with van der Waals surface area (Å²) in [5.41, 5.74) is 3.75. The van der Waals surface area contributed by atoms with Crippen LogP contribution in [-0.4, -0.2) is 17.0 Å². The Morgan fingerprint density at radius 1 is 1.05 bits per heavy atom. The van der Waals surface area contributed by atoms with Gasteiger partial charge in [-0.05, 0) is 36.6 Å². The van der Waals surface area contributed by atoms with E-state index in [9.17, 15) is 0 Å². The lowest BCUT2D eigenvalue weighted by atomic mass is 9.86. The van der Waals surface area contributed by atoms with Crippen molar-refractivity contribution in [1.82, 2.24) is 15.3 Å². The number of nitrogens with one attached hydrogen (secondary N) is 1. The summed E-state index contributed by atoms with van der Waals surface area (Å²) in [5, 5.41) is 3.33. The molecule has 0 fully saturated rings. The van der Waals surface area contributed by atoms with Crippen molar-refractivity contribution in [2.24, 2.45) is 0 Å². The highest BCUT2D eigenvalue weighted by Crippen LogP contribution is 2.25. The number of nitrogens with zero attached hydrogens (tertiary/aromatic N) is 2. The fraction of sp³-hybridized carbons (Fsp3) is 0.412. The first-order valence-corrected chi connectivity index (χ1v) is 6.99. The molecule has 1 unspecified atom stereocenters. The summed E-state index contributed by atoms with van der Waals surface area (Å²) in [5.74, 6) is 0.800. The van der Waals surface area contributed by atoms with E-state index in [4.69, 9.17) is 0 Å². The first-order chi connectivity index (χ1) is 9.41. The van der Waals surface area contributed by atoms with Crippen molar-refractivity contribution in [2.45, 2.75) is 39.2 Å². The second kappa shape index (κ2) is 5.71. The topological polar surface area (TPSA) is 37.8 Å². The smallest absolute Gasteiger partial charge is 0.125 e. The normalized spacial score (nSPS) is 13.2. The van der Waals surface area contributed by atoms with Crippen LogP contribution in [0.5, 0.6) is 0 Å². The van der Waals surface area contributed by atoms with Gasteiger partial charge in [0, 0.05) is 6.20 Å². The first kappa shape index (κ1) is 14.7. The molecule has 0 saturated carbocycles. The zero-order chi connectivity index (χ0) is 14.8. The molecule has 106 valence electrons. The summed E-state index contributed by atoms with van der Waals surface area (Å²) in [7, 11) is 1.96. The molecular formula is C17H23N3. The average molecular weight is 269 g/mol. The third kappa shape index (κ3) is 3.23. The Balaban J connectivity index is 2.33. The zero-order valence-corrected chi connectivity index (χ0v) is 12.9. The number of aromatic nitrogens is 2. The molecule has 0 spiro atoms. The molecule has 3 nitrogen and oxygen atoms in total. The summed E-state index contributed by atoms with van der Waals surface area (Å²) in [4.78, 5) is 8.68. The first-order valence-electron chi connectivity index (χ1n) is 6.99. The van der Waals surface area contributed by atoms with Crippen LogP contribution in [0.1, 0.15) is 49.5 Å². The fourth-order valence-corrected chi connectivity index (χ4v) is 2.30. The van der Waals surface area contributed by atoms with E-state index in [1.54, 1.807) is 0 Å². The Morgan fingerprint density at radius 2 is 1.70 bits per heavy atom. The van der Waals surface area contributed by atoms with Crippen LogP contribution in [0.4, 0.5) is 0 Å². The number of hydrogen-bond acceptors (Lipinski definition) is 3. The summed E-state index contributed by atoms with van der Waals surface area (Å²) >= 11 is 0. The van der Waals surface area contributed by atoms with Crippen molar-refractivity contribution < 1.29 is 0 Å². The van der Waals surface area contributed by atoms with Gasteiger partial charge in [-0.25, -0.2) is 9.97 Å². The lowest BCUT2D eigenvalue weighted by Crippen LogP contribution is -2.20. The van der Waals surface area contributed by atoms with Gasteiger partial charge in [-0.3, -0.25) is 0 Å². The van der Waals surface area contributed by atoms with Gasteiger partial charge in [-0.15, -0.1) is 0 Å². The lowest BCUT2D eigenvalue weighted by Gasteiger charge is -2.21. The summed E-state index contributed by atoms with van der Waals surface area (Å²) in [6.45, 7) is 8.60. The molecule has 1 N–H and O–H groups in total. The van der Waals surface area contributed by atoms with Gasteiger partial charge in [0.1, 0.15) is 5.82 Å².